The van der Waals surface area contributed by atoms with Gasteiger partial charge in [-0.05, 0) is 24.6 Å². The van der Waals surface area contributed by atoms with Crippen LogP contribution in [0.4, 0.5) is 4.39 Å². The third-order valence-corrected chi connectivity index (χ3v) is 3.31. The number of rotatable bonds is 3. The fourth-order valence-corrected chi connectivity index (χ4v) is 2.33. The van der Waals surface area contributed by atoms with Crippen molar-refractivity contribution in [2.45, 2.75) is 6.42 Å². The number of halogens is 1. The lowest BCUT2D eigenvalue weighted by atomic mass is 10.2. The molecule has 0 aromatic heterocycles. The average Bonchev–Trinajstić information content (AvgIpc) is 2.63. The van der Waals surface area contributed by atoms with Crippen LogP contribution in [0.5, 0.6) is 0 Å². The Bertz CT molecular complexity index is 507. The topological polar surface area (TPSA) is 60.9 Å². The van der Waals surface area contributed by atoms with Gasteiger partial charge in [-0.15, -0.1) is 0 Å². The molecule has 1 aliphatic heterocycles. The molecule has 1 saturated heterocycles. The van der Waals surface area contributed by atoms with Gasteiger partial charge in [-0.2, -0.15) is 0 Å². The Morgan fingerprint density at radius 3 is 2.70 bits per heavy atom. The smallest absolute Gasteiger partial charge is 0.317 e. The molecule has 1 aromatic rings. The van der Waals surface area contributed by atoms with Crippen molar-refractivity contribution < 1.29 is 19.1 Å². The van der Waals surface area contributed by atoms with Crippen molar-refractivity contribution in [2.24, 2.45) is 0 Å². The maximum absolute atomic E-state index is 13.1. The molecule has 108 valence electrons. The number of hydrogen-bond donors (Lipinski definition) is 1. The molecular weight excluding hydrogens is 263 g/mol. The van der Waals surface area contributed by atoms with E-state index in [2.05, 4.69) is 0 Å². The first-order valence-corrected chi connectivity index (χ1v) is 6.55. The van der Waals surface area contributed by atoms with Crippen LogP contribution < -0.4 is 0 Å². The Labute approximate surface area is 116 Å². The number of carboxylic acid groups (broad SMARTS) is 1. The van der Waals surface area contributed by atoms with E-state index in [1.165, 1.54) is 18.2 Å². The summed E-state index contributed by atoms with van der Waals surface area (Å²) in [6, 6.07) is 5.62. The molecule has 0 aliphatic carbocycles. The first-order valence-electron chi connectivity index (χ1n) is 6.55. The number of benzene rings is 1. The molecule has 1 aromatic carbocycles. The van der Waals surface area contributed by atoms with Gasteiger partial charge < -0.3 is 10.0 Å². The first-order chi connectivity index (χ1) is 9.56. The Balaban J connectivity index is 1.99. The number of hydrogen-bond acceptors (Lipinski definition) is 3. The van der Waals surface area contributed by atoms with Crippen LogP contribution in [0.25, 0.3) is 0 Å². The SMILES string of the molecule is O=C(O)CN1CCCN(C(=O)c2cccc(F)c2)CC1. The van der Waals surface area contributed by atoms with Crippen molar-refractivity contribution in [3.8, 4) is 0 Å². The molecule has 0 saturated carbocycles. The van der Waals surface area contributed by atoms with E-state index in [0.717, 1.165) is 0 Å². The van der Waals surface area contributed by atoms with Crippen LogP contribution in [0.1, 0.15) is 16.8 Å². The minimum absolute atomic E-state index is 0.0119. The largest absolute Gasteiger partial charge is 0.480 e. The lowest BCUT2D eigenvalue weighted by Crippen LogP contribution is -2.36. The lowest BCUT2D eigenvalue weighted by Gasteiger charge is -2.21. The predicted molar refractivity (Wildman–Crippen MR) is 71.0 cm³/mol. The number of nitrogens with zero attached hydrogens (tertiary/aromatic N) is 2. The molecule has 0 bridgehead atoms. The number of carbonyl (C=O) groups excluding carboxylic acids is 1. The zero-order valence-corrected chi connectivity index (χ0v) is 11.1. The van der Waals surface area contributed by atoms with Crippen molar-refractivity contribution in [2.75, 3.05) is 32.7 Å². The summed E-state index contributed by atoms with van der Waals surface area (Å²) in [4.78, 5) is 26.4. The van der Waals surface area contributed by atoms with Crippen molar-refractivity contribution in [1.29, 1.82) is 0 Å². The van der Waals surface area contributed by atoms with E-state index >= 15 is 0 Å². The fourth-order valence-electron chi connectivity index (χ4n) is 2.33. The Hall–Kier alpha value is -1.95. The van der Waals surface area contributed by atoms with Crippen LogP contribution >= 0.6 is 0 Å². The van der Waals surface area contributed by atoms with Gasteiger partial charge in [0.25, 0.3) is 5.91 Å². The summed E-state index contributed by atoms with van der Waals surface area (Å²) in [5, 5.41) is 8.78. The fraction of sp³-hybridized carbons (Fsp3) is 0.429. The summed E-state index contributed by atoms with van der Waals surface area (Å²) >= 11 is 0. The van der Waals surface area contributed by atoms with E-state index in [9.17, 15) is 14.0 Å². The number of aliphatic carboxylic acids is 1. The van der Waals surface area contributed by atoms with E-state index < -0.39 is 11.8 Å². The summed E-state index contributed by atoms with van der Waals surface area (Å²) < 4.78 is 13.1. The van der Waals surface area contributed by atoms with E-state index in [1.54, 1.807) is 15.9 Å². The maximum Gasteiger partial charge on any atom is 0.317 e. The molecule has 2 rings (SSSR count). The van der Waals surface area contributed by atoms with Gasteiger partial charge in [0, 0.05) is 31.7 Å². The van der Waals surface area contributed by atoms with Gasteiger partial charge in [-0.25, -0.2) is 4.39 Å². The van der Waals surface area contributed by atoms with Gasteiger partial charge in [0.05, 0.1) is 6.54 Å². The molecule has 0 spiro atoms. The van der Waals surface area contributed by atoms with Crippen molar-refractivity contribution in [3.05, 3.63) is 35.6 Å². The second kappa shape index (κ2) is 6.47. The Morgan fingerprint density at radius 2 is 2.00 bits per heavy atom. The zero-order chi connectivity index (χ0) is 14.5. The maximum atomic E-state index is 13.1. The second-order valence-corrected chi connectivity index (χ2v) is 4.83. The molecule has 1 heterocycles. The summed E-state index contributed by atoms with van der Waals surface area (Å²) in [7, 11) is 0. The van der Waals surface area contributed by atoms with Gasteiger partial charge in [0.2, 0.25) is 0 Å². The molecule has 1 N–H and O–H groups in total. The quantitative estimate of drug-likeness (QED) is 0.899. The monoisotopic (exact) mass is 280 g/mol. The summed E-state index contributed by atoms with van der Waals surface area (Å²) in [6.07, 6.45) is 0.717. The predicted octanol–water partition coefficient (Wildman–Crippen LogP) is 1.06. The molecule has 0 unspecified atom stereocenters. The molecule has 1 fully saturated rings. The highest BCUT2D eigenvalue weighted by atomic mass is 19.1. The lowest BCUT2D eigenvalue weighted by molar-refractivity contribution is -0.138. The number of amides is 1. The average molecular weight is 280 g/mol. The van der Waals surface area contributed by atoms with Gasteiger partial charge in [-0.3, -0.25) is 14.5 Å². The number of carbonyl (C=O) groups is 2. The Kier molecular flexibility index (Phi) is 4.68. The van der Waals surface area contributed by atoms with Gasteiger partial charge in [0.1, 0.15) is 5.82 Å². The van der Waals surface area contributed by atoms with Crippen molar-refractivity contribution >= 4 is 11.9 Å². The van der Waals surface area contributed by atoms with E-state index in [-0.39, 0.29) is 12.5 Å². The third-order valence-electron chi connectivity index (χ3n) is 3.31. The molecule has 1 aliphatic rings. The van der Waals surface area contributed by atoms with E-state index in [4.69, 9.17) is 5.11 Å². The summed E-state index contributed by atoms with van der Waals surface area (Å²) in [5.41, 5.74) is 0.330. The summed E-state index contributed by atoms with van der Waals surface area (Å²) in [5.74, 6) is -1.50. The van der Waals surface area contributed by atoms with Crippen LogP contribution in [0, 0.1) is 5.82 Å². The van der Waals surface area contributed by atoms with Gasteiger partial charge >= 0.3 is 5.97 Å². The van der Waals surface area contributed by atoms with Crippen LogP contribution in [0.3, 0.4) is 0 Å². The number of carboxylic acids is 1. The normalized spacial score (nSPS) is 16.8. The van der Waals surface area contributed by atoms with Crippen LogP contribution in [-0.2, 0) is 4.79 Å². The third kappa shape index (κ3) is 3.77. The highest BCUT2D eigenvalue weighted by molar-refractivity contribution is 5.94. The minimum Gasteiger partial charge on any atom is -0.480 e. The highest BCUT2D eigenvalue weighted by Crippen LogP contribution is 2.10. The van der Waals surface area contributed by atoms with Crippen LogP contribution in [0.15, 0.2) is 24.3 Å². The minimum atomic E-state index is -0.866. The first kappa shape index (κ1) is 14.5. The zero-order valence-electron chi connectivity index (χ0n) is 11.1. The van der Waals surface area contributed by atoms with Crippen LogP contribution in [-0.4, -0.2) is 59.5 Å². The van der Waals surface area contributed by atoms with E-state index in [0.29, 0.717) is 38.2 Å². The van der Waals surface area contributed by atoms with Gasteiger partial charge in [0.15, 0.2) is 0 Å². The molecule has 1 amide bonds. The molecule has 20 heavy (non-hydrogen) atoms. The summed E-state index contributed by atoms with van der Waals surface area (Å²) in [6.45, 7) is 2.18. The molecule has 0 radical (unpaired) electrons. The van der Waals surface area contributed by atoms with E-state index in [1.807, 2.05) is 0 Å². The molecular formula is C14H17FN2O3. The molecule has 6 heteroatoms. The molecule has 0 atom stereocenters. The molecule has 5 nitrogen and oxygen atoms in total. The highest BCUT2D eigenvalue weighted by Gasteiger charge is 2.21. The standard InChI is InChI=1S/C14H17FN2O3/c15-12-4-1-3-11(9-12)14(20)17-6-2-5-16(7-8-17)10-13(18)19/h1,3-4,9H,2,5-8,10H2,(H,18,19). The van der Waals surface area contributed by atoms with Gasteiger partial charge in [-0.1, -0.05) is 6.07 Å². The second-order valence-electron chi connectivity index (χ2n) is 4.83. The van der Waals surface area contributed by atoms with Crippen molar-refractivity contribution in [1.82, 2.24) is 9.80 Å². The van der Waals surface area contributed by atoms with Crippen molar-refractivity contribution in [3.63, 3.8) is 0 Å². The van der Waals surface area contributed by atoms with Crippen LogP contribution in [0.2, 0.25) is 0 Å². The Morgan fingerprint density at radius 1 is 1.20 bits per heavy atom.